The average Bonchev–Trinajstić information content (AvgIpc) is 2.76. The van der Waals surface area contributed by atoms with Crippen LogP contribution in [0.1, 0.15) is 63.5 Å². The van der Waals surface area contributed by atoms with Gasteiger partial charge >= 0.3 is 0 Å². The highest BCUT2D eigenvalue weighted by atomic mass is 79.9. The summed E-state index contributed by atoms with van der Waals surface area (Å²) in [5.74, 6) is 0.0621. The lowest BCUT2D eigenvalue weighted by Gasteiger charge is -2.33. The van der Waals surface area contributed by atoms with E-state index in [-0.39, 0.29) is 5.92 Å². The Kier molecular flexibility index (Phi) is 8.74. The molecule has 2 aromatic rings. The highest BCUT2D eigenvalue weighted by Crippen LogP contribution is 2.48. The van der Waals surface area contributed by atoms with Crippen LogP contribution < -0.4 is 4.74 Å². The second kappa shape index (κ2) is 11.1. The smallest absolute Gasteiger partial charge is 0.129 e. The number of halogens is 4. The molecule has 1 aliphatic rings. The Morgan fingerprint density at radius 2 is 1.81 bits per heavy atom. The monoisotopic (exact) mass is 566 g/mol. The molecule has 3 rings (SSSR count). The van der Waals surface area contributed by atoms with Crippen molar-refractivity contribution < 1.29 is 13.5 Å². The van der Waals surface area contributed by atoms with Gasteiger partial charge in [-0.2, -0.15) is 0 Å². The van der Waals surface area contributed by atoms with Crippen molar-refractivity contribution in [2.75, 3.05) is 6.61 Å². The first-order chi connectivity index (χ1) is 15.2. The summed E-state index contributed by atoms with van der Waals surface area (Å²) in [6.45, 7) is 7.17. The molecule has 32 heavy (non-hydrogen) atoms. The van der Waals surface area contributed by atoms with E-state index in [1.54, 1.807) is 0 Å². The number of unbranched alkanes of at least 4 members (excludes halogenated alkanes) is 1. The number of allylic oxidation sites excluding steroid dienone is 4. The van der Waals surface area contributed by atoms with E-state index < -0.39 is 16.0 Å². The van der Waals surface area contributed by atoms with Gasteiger partial charge in [-0.05, 0) is 54.2 Å². The molecule has 172 valence electrons. The molecule has 2 aromatic carbocycles. The van der Waals surface area contributed by atoms with Gasteiger partial charge in [0.05, 0.1) is 10.9 Å². The van der Waals surface area contributed by atoms with Crippen LogP contribution in [-0.4, -0.2) is 10.9 Å². The van der Waals surface area contributed by atoms with Gasteiger partial charge in [0.1, 0.15) is 17.4 Å². The standard InChI is InChI=1S/C27H30Br2F2O/c1-4-6-7-18(5-2)17-32-21-11-8-19(9-12-21)23-16-27(3,29)24(15-25(23)28)22-13-10-20(30)14-26(22)31/h8-16,18,24H,4-7,17H2,1-3H3. The third-order valence-electron chi connectivity index (χ3n) is 6.10. The fourth-order valence-corrected chi connectivity index (χ4v) is 5.27. The van der Waals surface area contributed by atoms with Gasteiger partial charge in [0.15, 0.2) is 0 Å². The van der Waals surface area contributed by atoms with Gasteiger partial charge in [-0.15, -0.1) is 0 Å². The van der Waals surface area contributed by atoms with E-state index in [0.29, 0.717) is 11.5 Å². The molecule has 3 unspecified atom stereocenters. The van der Waals surface area contributed by atoms with Crippen LogP contribution in [0.4, 0.5) is 8.78 Å². The number of benzene rings is 2. The van der Waals surface area contributed by atoms with Crippen molar-refractivity contribution in [3.8, 4) is 5.75 Å². The lowest BCUT2D eigenvalue weighted by Crippen LogP contribution is -2.26. The Bertz CT molecular complexity index is 980. The number of hydrogen-bond acceptors (Lipinski definition) is 1. The molecule has 0 bridgehead atoms. The number of hydrogen-bond donors (Lipinski definition) is 0. The molecule has 0 saturated heterocycles. The first-order valence-electron chi connectivity index (χ1n) is 11.2. The second-order valence-corrected chi connectivity index (χ2v) is 11.2. The fourth-order valence-electron chi connectivity index (χ4n) is 4.05. The van der Waals surface area contributed by atoms with E-state index >= 15 is 0 Å². The maximum absolute atomic E-state index is 14.5. The van der Waals surface area contributed by atoms with Crippen LogP contribution in [0.5, 0.6) is 5.75 Å². The minimum Gasteiger partial charge on any atom is -0.493 e. The molecule has 0 spiro atoms. The van der Waals surface area contributed by atoms with Gasteiger partial charge in [0.2, 0.25) is 0 Å². The summed E-state index contributed by atoms with van der Waals surface area (Å²) in [6.07, 6.45) is 8.84. The Morgan fingerprint density at radius 1 is 1.09 bits per heavy atom. The molecule has 0 fully saturated rings. The molecular weight excluding hydrogens is 538 g/mol. The van der Waals surface area contributed by atoms with Gasteiger partial charge in [0, 0.05) is 16.5 Å². The van der Waals surface area contributed by atoms with Crippen LogP contribution in [0.3, 0.4) is 0 Å². The number of rotatable bonds is 9. The molecule has 3 atom stereocenters. The predicted octanol–water partition coefficient (Wildman–Crippen LogP) is 9.17. The maximum Gasteiger partial charge on any atom is 0.129 e. The minimum atomic E-state index is -0.574. The SMILES string of the molecule is CCCCC(CC)COc1ccc(C2=CC(C)(Br)C(c3ccc(F)cc3F)C=C2Br)cc1. The molecule has 5 heteroatoms. The third-order valence-corrected chi connectivity index (χ3v) is 7.51. The number of alkyl halides is 1. The first-order valence-corrected chi connectivity index (χ1v) is 12.8. The largest absolute Gasteiger partial charge is 0.493 e. The maximum atomic E-state index is 14.5. The van der Waals surface area contributed by atoms with Crippen molar-refractivity contribution in [3.05, 3.63) is 81.9 Å². The van der Waals surface area contributed by atoms with E-state index in [1.165, 1.54) is 31.4 Å². The van der Waals surface area contributed by atoms with Crippen LogP contribution in [-0.2, 0) is 0 Å². The Balaban J connectivity index is 1.76. The van der Waals surface area contributed by atoms with E-state index in [4.69, 9.17) is 4.74 Å². The quantitative estimate of drug-likeness (QED) is 0.274. The molecule has 0 saturated carbocycles. The lowest BCUT2D eigenvalue weighted by atomic mass is 9.80. The van der Waals surface area contributed by atoms with Crippen molar-refractivity contribution in [3.63, 3.8) is 0 Å². The summed E-state index contributed by atoms with van der Waals surface area (Å²) < 4.78 is 34.2. The molecule has 0 heterocycles. The predicted molar refractivity (Wildman–Crippen MR) is 137 cm³/mol. The van der Waals surface area contributed by atoms with Gasteiger partial charge in [-0.1, -0.05) is 95.3 Å². The van der Waals surface area contributed by atoms with Crippen molar-refractivity contribution in [1.29, 1.82) is 0 Å². The second-order valence-electron chi connectivity index (χ2n) is 8.62. The van der Waals surface area contributed by atoms with Gasteiger partial charge < -0.3 is 4.74 Å². The van der Waals surface area contributed by atoms with Crippen LogP contribution in [0, 0.1) is 17.6 Å². The summed E-state index contributed by atoms with van der Waals surface area (Å²) in [5, 5.41) is 0. The Hall–Kier alpha value is -1.46. The zero-order chi connectivity index (χ0) is 23.3. The van der Waals surface area contributed by atoms with E-state index in [9.17, 15) is 8.78 Å². The van der Waals surface area contributed by atoms with Crippen molar-refractivity contribution in [2.24, 2.45) is 5.92 Å². The molecule has 0 amide bonds. The zero-order valence-electron chi connectivity index (χ0n) is 18.8. The number of ether oxygens (including phenoxy) is 1. The lowest BCUT2D eigenvalue weighted by molar-refractivity contribution is 0.233. The zero-order valence-corrected chi connectivity index (χ0v) is 22.0. The molecule has 1 nitrogen and oxygen atoms in total. The van der Waals surface area contributed by atoms with Gasteiger partial charge in [-0.25, -0.2) is 8.78 Å². The molecule has 0 aliphatic heterocycles. The van der Waals surface area contributed by atoms with Crippen molar-refractivity contribution >= 4 is 37.4 Å². The summed E-state index contributed by atoms with van der Waals surface area (Å²) in [5.41, 5.74) is 2.52. The molecule has 0 aromatic heterocycles. The molecule has 1 aliphatic carbocycles. The Labute approximate surface area is 207 Å². The first kappa shape index (κ1) is 25.2. The van der Waals surface area contributed by atoms with E-state index in [2.05, 4.69) is 51.8 Å². The average molecular weight is 568 g/mol. The van der Waals surface area contributed by atoms with E-state index in [0.717, 1.165) is 40.5 Å². The summed E-state index contributed by atoms with van der Waals surface area (Å²) >= 11 is 7.44. The van der Waals surface area contributed by atoms with E-state index in [1.807, 2.05) is 37.3 Å². The third kappa shape index (κ3) is 6.11. The normalized spacial score (nSPS) is 21.7. The van der Waals surface area contributed by atoms with Crippen molar-refractivity contribution in [2.45, 2.75) is 56.7 Å². The van der Waals surface area contributed by atoms with Crippen molar-refractivity contribution in [1.82, 2.24) is 0 Å². The summed E-state index contributed by atoms with van der Waals surface area (Å²) in [6, 6.07) is 11.8. The van der Waals surface area contributed by atoms with Crippen LogP contribution in [0.25, 0.3) is 5.57 Å². The van der Waals surface area contributed by atoms with Crippen LogP contribution in [0.2, 0.25) is 0 Å². The minimum absolute atomic E-state index is 0.280. The molecular formula is C27H30Br2F2O. The van der Waals surface area contributed by atoms with Gasteiger partial charge in [0.25, 0.3) is 0 Å². The molecule has 0 N–H and O–H groups in total. The summed E-state index contributed by atoms with van der Waals surface area (Å²) in [7, 11) is 0. The highest BCUT2D eigenvalue weighted by Gasteiger charge is 2.35. The topological polar surface area (TPSA) is 9.23 Å². The van der Waals surface area contributed by atoms with Gasteiger partial charge in [-0.3, -0.25) is 0 Å². The van der Waals surface area contributed by atoms with Crippen LogP contribution in [0.15, 0.2) is 59.1 Å². The fraction of sp³-hybridized carbons (Fsp3) is 0.407. The Morgan fingerprint density at radius 3 is 2.44 bits per heavy atom. The summed E-state index contributed by atoms with van der Waals surface area (Å²) in [4.78, 5) is 0. The highest BCUT2D eigenvalue weighted by molar-refractivity contribution is 9.12. The molecule has 0 radical (unpaired) electrons. The van der Waals surface area contributed by atoms with Crippen LogP contribution >= 0.6 is 31.9 Å².